The maximum absolute atomic E-state index is 12.4. The third-order valence-corrected chi connectivity index (χ3v) is 6.04. The maximum atomic E-state index is 12.4. The van der Waals surface area contributed by atoms with E-state index in [0.717, 1.165) is 37.9 Å². The Morgan fingerprint density at radius 3 is 2.46 bits per heavy atom. The van der Waals surface area contributed by atoms with E-state index >= 15 is 0 Å². The Hall–Kier alpha value is -1.59. The van der Waals surface area contributed by atoms with E-state index in [9.17, 15) is 9.59 Å². The second-order valence-corrected chi connectivity index (χ2v) is 8.35. The molecular formula is C20H25ClN2O3. The van der Waals surface area contributed by atoms with Crippen molar-refractivity contribution in [3.05, 3.63) is 34.9 Å². The molecule has 140 valence electrons. The second kappa shape index (κ2) is 7.20. The van der Waals surface area contributed by atoms with Crippen LogP contribution in [-0.2, 0) is 20.7 Å². The smallest absolute Gasteiger partial charge is 0.227 e. The summed E-state index contributed by atoms with van der Waals surface area (Å²) in [7, 11) is 0. The molecule has 0 aliphatic carbocycles. The molecule has 1 aromatic carbocycles. The second-order valence-electron chi connectivity index (χ2n) is 7.91. The van der Waals surface area contributed by atoms with Crippen LogP contribution in [0.4, 0.5) is 0 Å². The van der Waals surface area contributed by atoms with Crippen molar-refractivity contribution < 1.29 is 14.3 Å². The zero-order chi connectivity index (χ0) is 18.1. The van der Waals surface area contributed by atoms with E-state index in [2.05, 4.69) is 0 Å². The molecule has 5 nitrogen and oxygen atoms in total. The van der Waals surface area contributed by atoms with Crippen molar-refractivity contribution in [1.29, 1.82) is 0 Å². The maximum Gasteiger partial charge on any atom is 0.227 e. The number of nitrogens with zero attached hydrogens (tertiary/aromatic N) is 2. The Morgan fingerprint density at radius 1 is 1.08 bits per heavy atom. The molecule has 3 heterocycles. The summed E-state index contributed by atoms with van der Waals surface area (Å²) in [5.41, 5.74) is 0.757. The number of rotatable bonds is 4. The molecule has 0 saturated carbocycles. The Kier molecular flexibility index (Phi) is 4.93. The Labute approximate surface area is 159 Å². The molecule has 2 amide bonds. The number of likely N-dealkylation sites (tertiary alicyclic amines) is 2. The third kappa shape index (κ3) is 3.74. The van der Waals surface area contributed by atoms with E-state index < -0.39 is 0 Å². The molecule has 1 spiro atoms. The van der Waals surface area contributed by atoms with Crippen molar-refractivity contribution in [2.75, 3.05) is 32.8 Å². The van der Waals surface area contributed by atoms with Gasteiger partial charge in [-0.2, -0.15) is 0 Å². The predicted molar refractivity (Wildman–Crippen MR) is 99.0 cm³/mol. The van der Waals surface area contributed by atoms with Gasteiger partial charge in [0.15, 0.2) is 0 Å². The van der Waals surface area contributed by atoms with Crippen LogP contribution < -0.4 is 0 Å². The minimum absolute atomic E-state index is 0.123. The molecule has 1 aromatic rings. The van der Waals surface area contributed by atoms with Crippen LogP contribution >= 0.6 is 11.6 Å². The fourth-order valence-electron chi connectivity index (χ4n) is 4.35. The van der Waals surface area contributed by atoms with E-state index in [1.54, 1.807) is 0 Å². The molecule has 3 saturated heterocycles. The highest BCUT2D eigenvalue weighted by Crippen LogP contribution is 2.39. The zero-order valence-electron chi connectivity index (χ0n) is 15.0. The number of amides is 2. The summed E-state index contributed by atoms with van der Waals surface area (Å²) in [6.45, 7) is 3.75. The summed E-state index contributed by atoms with van der Waals surface area (Å²) in [5, 5.41) is 0.679. The lowest BCUT2D eigenvalue weighted by Gasteiger charge is -2.47. The van der Waals surface area contributed by atoms with Crippen molar-refractivity contribution in [3.63, 3.8) is 0 Å². The number of benzene rings is 1. The SMILES string of the molecule is O=C(CC1COC2(C1)CN(C(=O)Cc1ccc(Cl)cc1)C2)N1CCCC1. The van der Waals surface area contributed by atoms with Crippen LogP contribution in [0.2, 0.25) is 5.02 Å². The van der Waals surface area contributed by atoms with Crippen LogP contribution in [0.1, 0.15) is 31.2 Å². The molecule has 6 heteroatoms. The molecule has 1 unspecified atom stereocenters. The number of ether oxygens (including phenoxy) is 1. The molecule has 0 radical (unpaired) electrons. The minimum Gasteiger partial charge on any atom is -0.371 e. The van der Waals surface area contributed by atoms with E-state index in [0.29, 0.717) is 37.6 Å². The number of carbonyl (C=O) groups is 2. The van der Waals surface area contributed by atoms with Gasteiger partial charge in [-0.1, -0.05) is 23.7 Å². The van der Waals surface area contributed by atoms with Gasteiger partial charge in [0.2, 0.25) is 11.8 Å². The quantitative estimate of drug-likeness (QED) is 0.811. The first kappa shape index (κ1) is 17.8. The highest BCUT2D eigenvalue weighted by atomic mass is 35.5. The van der Waals surface area contributed by atoms with E-state index in [4.69, 9.17) is 16.3 Å². The molecule has 0 aromatic heterocycles. The summed E-state index contributed by atoms with van der Waals surface area (Å²) < 4.78 is 6.02. The Morgan fingerprint density at radius 2 is 1.77 bits per heavy atom. The lowest BCUT2D eigenvalue weighted by molar-refractivity contribution is -0.157. The summed E-state index contributed by atoms with van der Waals surface area (Å²) in [5.74, 6) is 0.679. The number of halogens is 1. The van der Waals surface area contributed by atoms with Gasteiger partial charge in [0.1, 0.15) is 5.60 Å². The normalized spacial score (nSPS) is 24.1. The fourth-order valence-corrected chi connectivity index (χ4v) is 4.47. The largest absolute Gasteiger partial charge is 0.371 e. The monoisotopic (exact) mass is 376 g/mol. The van der Waals surface area contributed by atoms with Gasteiger partial charge in [0.05, 0.1) is 26.1 Å². The van der Waals surface area contributed by atoms with Gasteiger partial charge in [-0.25, -0.2) is 0 Å². The van der Waals surface area contributed by atoms with E-state index in [1.807, 2.05) is 34.1 Å². The van der Waals surface area contributed by atoms with Gasteiger partial charge in [0, 0.05) is 24.5 Å². The van der Waals surface area contributed by atoms with Gasteiger partial charge in [0.25, 0.3) is 0 Å². The lowest BCUT2D eigenvalue weighted by atomic mass is 9.85. The van der Waals surface area contributed by atoms with Gasteiger partial charge >= 0.3 is 0 Å². The third-order valence-electron chi connectivity index (χ3n) is 5.79. The molecule has 3 aliphatic rings. The molecule has 3 aliphatic heterocycles. The molecule has 26 heavy (non-hydrogen) atoms. The van der Waals surface area contributed by atoms with Gasteiger partial charge < -0.3 is 14.5 Å². The number of hydrogen-bond donors (Lipinski definition) is 0. The van der Waals surface area contributed by atoms with Crippen LogP contribution in [0, 0.1) is 5.92 Å². The van der Waals surface area contributed by atoms with Crippen LogP contribution in [0.3, 0.4) is 0 Å². The standard InChI is InChI=1S/C20H25ClN2O3/c21-17-5-3-15(4-6-17)9-19(25)23-13-20(14-23)11-16(12-26-20)10-18(24)22-7-1-2-8-22/h3-6,16H,1-2,7-14H2. The molecule has 4 rings (SSSR count). The highest BCUT2D eigenvalue weighted by molar-refractivity contribution is 6.30. The van der Waals surface area contributed by atoms with Gasteiger partial charge in [-0.3, -0.25) is 9.59 Å². The molecule has 3 fully saturated rings. The first-order valence-electron chi connectivity index (χ1n) is 9.47. The first-order chi connectivity index (χ1) is 12.5. The fraction of sp³-hybridized carbons (Fsp3) is 0.600. The van der Waals surface area contributed by atoms with Crippen molar-refractivity contribution in [3.8, 4) is 0 Å². The van der Waals surface area contributed by atoms with E-state index in [-0.39, 0.29) is 23.3 Å². The lowest BCUT2D eigenvalue weighted by Crippen LogP contribution is -2.63. The highest BCUT2D eigenvalue weighted by Gasteiger charge is 2.51. The predicted octanol–water partition coefficient (Wildman–Crippen LogP) is 2.51. The van der Waals surface area contributed by atoms with Crippen molar-refractivity contribution in [2.45, 2.75) is 37.7 Å². The first-order valence-corrected chi connectivity index (χ1v) is 9.85. The van der Waals surface area contributed by atoms with Crippen molar-refractivity contribution >= 4 is 23.4 Å². The van der Waals surface area contributed by atoms with Crippen LogP contribution in [0.25, 0.3) is 0 Å². The average Bonchev–Trinajstić information content (AvgIpc) is 3.25. The van der Waals surface area contributed by atoms with Crippen LogP contribution in [0.15, 0.2) is 24.3 Å². The number of hydrogen-bond acceptors (Lipinski definition) is 3. The Bertz CT molecular complexity index is 679. The summed E-state index contributed by atoms with van der Waals surface area (Å²) in [4.78, 5) is 28.6. The summed E-state index contributed by atoms with van der Waals surface area (Å²) in [6.07, 6.45) is 4.12. The average molecular weight is 377 g/mol. The van der Waals surface area contributed by atoms with E-state index in [1.165, 1.54) is 0 Å². The molecule has 1 atom stereocenters. The van der Waals surface area contributed by atoms with Gasteiger partial charge in [-0.05, 0) is 42.9 Å². The minimum atomic E-state index is -0.217. The summed E-state index contributed by atoms with van der Waals surface area (Å²) >= 11 is 5.88. The van der Waals surface area contributed by atoms with Gasteiger partial charge in [-0.15, -0.1) is 0 Å². The topological polar surface area (TPSA) is 49.9 Å². The van der Waals surface area contributed by atoms with Crippen LogP contribution in [0.5, 0.6) is 0 Å². The molecule has 0 N–H and O–H groups in total. The van der Waals surface area contributed by atoms with Crippen molar-refractivity contribution in [1.82, 2.24) is 9.80 Å². The molecule has 0 bridgehead atoms. The van der Waals surface area contributed by atoms with Crippen LogP contribution in [-0.4, -0.2) is 60.0 Å². The summed E-state index contributed by atoms with van der Waals surface area (Å²) in [6, 6.07) is 7.40. The molecular weight excluding hydrogens is 352 g/mol. The zero-order valence-corrected chi connectivity index (χ0v) is 15.7. The Balaban J connectivity index is 1.24. The number of carbonyl (C=O) groups excluding carboxylic acids is 2. The van der Waals surface area contributed by atoms with Crippen molar-refractivity contribution in [2.24, 2.45) is 5.92 Å².